The molecule has 2 aliphatic heterocycles. The predicted molar refractivity (Wildman–Crippen MR) is 153 cm³/mol. The molecule has 196 valence electrons. The third kappa shape index (κ3) is 3.91. The zero-order chi connectivity index (χ0) is 26.7. The van der Waals surface area contributed by atoms with E-state index < -0.39 is 0 Å². The number of aromatic nitrogens is 1. The Morgan fingerprint density at radius 1 is 1.05 bits per heavy atom. The van der Waals surface area contributed by atoms with Gasteiger partial charge in [-0.1, -0.05) is 51.5 Å². The molecule has 1 atom stereocenters. The van der Waals surface area contributed by atoms with Gasteiger partial charge in [-0.05, 0) is 65.9 Å². The smallest absolute Gasteiger partial charge is 0.271 e. The van der Waals surface area contributed by atoms with Crippen LogP contribution >= 0.6 is 27.3 Å². The van der Waals surface area contributed by atoms with E-state index in [9.17, 15) is 4.79 Å². The number of halogens is 1. The van der Waals surface area contributed by atoms with Crippen LogP contribution in [0, 0.1) is 0 Å². The molecule has 0 fully saturated rings. The van der Waals surface area contributed by atoms with E-state index in [1.165, 1.54) is 16.9 Å². The molecule has 3 heterocycles. The summed E-state index contributed by atoms with van der Waals surface area (Å²) in [6, 6.07) is 17.5. The molecule has 1 unspecified atom stereocenters. The van der Waals surface area contributed by atoms with Gasteiger partial charge >= 0.3 is 0 Å². The Morgan fingerprint density at radius 3 is 2.69 bits per heavy atom. The van der Waals surface area contributed by atoms with E-state index in [2.05, 4.69) is 34.1 Å². The van der Waals surface area contributed by atoms with Gasteiger partial charge in [0.05, 0.1) is 30.5 Å². The van der Waals surface area contributed by atoms with E-state index >= 15 is 0 Å². The number of fused-ring (bicyclic) bond motifs is 4. The van der Waals surface area contributed by atoms with E-state index in [1.807, 2.05) is 42.5 Å². The highest BCUT2D eigenvalue weighted by Gasteiger charge is 2.34. The van der Waals surface area contributed by atoms with Gasteiger partial charge in [-0.2, -0.15) is 0 Å². The van der Waals surface area contributed by atoms with E-state index in [0.717, 1.165) is 45.3 Å². The first-order valence-electron chi connectivity index (χ1n) is 12.5. The number of thiazole rings is 1. The van der Waals surface area contributed by atoms with Crippen LogP contribution in [0.3, 0.4) is 0 Å². The zero-order valence-corrected chi connectivity index (χ0v) is 23.6. The molecule has 1 aliphatic carbocycles. The molecular formula is C30H23BrN2O5S. The third-order valence-corrected chi connectivity index (χ3v) is 9.05. The van der Waals surface area contributed by atoms with Crippen molar-refractivity contribution in [2.24, 2.45) is 4.99 Å². The predicted octanol–water partition coefficient (Wildman–Crippen LogP) is 4.83. The molecule has 0 spiro atoms. The van der Waals surface area contributed by atoms with Crippen molar-refractivity contribution in [2.75, 3.05) is 21.0 Å². The van der Waals surface area contributed by atoms with Gasteiger partial charge in [0.2, 0.25) is 6.79 Å². The van der Waals surface area contributed by atoms with Crippen molar-refractivity contribution in [3.63, 3.8) is 0 Å². The molecule has 7 nitrogen and oxygen atoms in total. The van der Waals surface area contributed by atoms with E-state index in [0.29, 0.717) is 32.3 Å². The molecule has 0 saturated heterocycles. The normalized spacial score (nSPS) is 17.3. The highest BCUT2D eigenvalue weighted by atomic mass is 79.9. The number of nitrogens with zero attached hydrogens (tertiary/aromatic N) is 2. The zero-order valence-electron chi connectivity index (χ0n) is 21.2. The molecule has 3 aromatic carbocycles. The topological polar surface area (TPSA) is 71.3 Å². The van der Waals surface area contributed by atoms with Gasteiger partial charge in [-0.25, -0.2) is 4.99 Å². The number of rotatable bonds is 4. The summed E-state index contributed by atoms with van der Waals surface area (Å²) in [6.07, 6.45) is 3.55. The summed E-state index contributed by atoms with van der Waals surface area (Å²) in [4.78, 5) is 19.9. The number of hydrogen-bond donors (Lipinski definition) is 0. The van der Waals surface area contributed by atoms with Crippen LogP contribution < -0.4 is 33.8 Å². The van der Waals surface area contributed by atoms with Gasteiger partial charge in [0.1, 0.15) is 11.5 Å². The van der Waals surface area contributed by atoms with Crippen molar-refractivity contribution in [1.82, 2.24) is 4.57 Å². The molecule has 0 bridgehead atoms. The quantitative estimate of drug-likeness (QED) is 0.335. The van der Waals surface area contributed by atoms with Crippen LogP contribution in [0.1, 0.15) is 34.7 Å². The number of ether oxygens (including phenoxy) is 4. The lowest BCUT2D eigenvalue weighted by atomic mass is 9.83. The van der Waals surface area contributed by atoms with E-state index in [-0.39, 0.29) is 18.4 Å². The third-order valence-electron chi connectivity index (χ3n) is 7.38. The number of benzene rings is 3. The molecule has 1 aromatic heterocycles. The first-order chi connectivity index (χ1) is 19.1. The van der Waals surface area contributed by atoms with Crippen molar-refractivity contribution >= 4 is 39.0 Å². The minimum atomic E-state index is -0.378. The van der Waals surface area contributed by atoms with E-state index in [4.69, 9.17) is 23.9 Å². The molecule has 0 saturated carbocycles. The molecule has 4 aromatic rings. The van der Waals surface area contributed by atoms with Crippen LogP contribution in [0.5, 0.6) is 23.0 Å². The molecule has 7 rings (SSSR count). The van der Waals surface area contributed by atoms with Crippen molar-refractivity contribution in [3.8, 4) is 23.0 Å². The molecular weight excluding hydrogens is 580 g/mol. The highest BCUT2D eigenvalue weighted by Crippen LogP contribution is 2.44. The van der Waals surface area contributed by atoms with Crippen LogP contribution in [0.15, 0.2) is 74.4 Å². The number of hydrogen-bond acceptors (Lipinski definition) is 7. The summed E-state index contributed by atoms with van der Waals surface area (Å²) < 4.78 is 25.6. The fraction of sp³-hybridized carbons (Fsp3) is 0.200. The molecule has 39 heavy (non-hydrogen) atoms. The maximum absolute atomic E-state index is 14.1. The second kappa shape index (κ2) is 9.43. The lowest BCUT2D eigenvalue weighted by molar-refractivity contribution is 0.174. The van der Waals surface area contributed by atoms with Crippen molar-refractivity contribution in [1.29, 1.82) is 0 Å². The first kappa shape index (κ1) is 24.2. The Hall–Kier alpha value is -3.82. The fourth-order valence-corrected chi connectivity index (χ4v) is 6.97. The van der Waals surface area contributed by atoms with Crippen LogP contribution in [-0.4, -0.2) is 25.6 Å². The molecule has 3 aliphatic rings. The SMILES string of the molecule is COc1ccc(OC)c(C2C3=C(N=c4s/c(=C/c5cc6c(cc5Br)OCO6)c(=O)n42)c2ccccc2CC3)c1. The van der Waals surface area contributed by atoms with Gasteiger partial charge < -0.3 is 18.9 Å². The maximum atomic E-state index is 14.1. The summed E-state index contributed by atoms with van der Waals surface area (Å²) in [6.45, 7) is 0.183. The Morgan fingerprint density at radius 2 is 1.87 bits per heavy atom. The largest absolute Gasteiger partial charge is 0.497 e. The Kier molecular flexibility index (Phi) is 5.86. The lowest BCUT2D eigenvalue weighted by Crippen LogP contribution is -2.39. The van der Waals surface area contributed by atoms with Crippen LogP contribution in [0.2, 0.25) is 0 Å². The number of aryl methyl sites for hydroxylation is 1. The summed E-state index contributed by atoms with van der Waals surface area (Å²) in [5.41, 5.74) is 6.00. The summed E-state index contributed by atoms with van der Waals surface area (Å²) >= 11 is 5.00. The molecule has 0 radical (unpaired) electrons. The number of allylic oxidation sites excluding steroid dienone is 1. The molecule has 9 heteroatoms. The summed E-state index contributed by atoms with van der Waals surface area (Å²) in [5.74, 6) is 2.73. The maximum Gasteiger partial charge on any atom is 0.271 e. The molecule has 0 amide bonds. The summed E-state index contributed by atoms with van der Waals surface area (Å²) in [7, 11) is 3.29. The standard InChI is InChI=1S/C30H23BrN2O5S/c1-35-18-8-10-23(36-2)21(13-18)28-20-9-7-16-5-3-4-6-19(16)27(20)32-30-33(28)29(34)26(39-30)12-17-11-24-25(14-22(17)31)38-15-37-24/h3-6,8,10-14,28H,7,9,15H2,1-2H3/b26-12+. The second-order valence-electron chi connectivity index (χ2n) is 9.45. The lowest BCUT2D eigenvalue weighted by Gasteiger charge is -2.31. The van der Waals surface area contributed by atoms with Crippen molar-refractivity contribution in [2.45, 2.75) is 18.9 Å². The Labute approximate surface area is 236 Å². The number of methoxy groups -OCH3 is 2. The van der Waals surface area contributed by atoms with Gasteiger partial charge in [-0.3, -0.25) is 9.36 Å². The Bertz CT molecular complexity index is 1870. The second-order valence-corrected chi connectivity index (χ2v) is 11.3. The van der Waals surface area contributed by atoms with Gasteiger partial charge in [0.15, 0.2) is 16.3 Å². The minimum Gasteiger partial charge on any atom is -0.497 e. The Balaban J connectivity index is 1.50. The first-order valence-corrected chi connectivity index (χ1v) is 14.1. The van der Waals surface area contributed by atoms with E-state index in [1.54, 1.807) is 18.8 Å². The van der Waals surface area contributed by atoms with Crippen LogP contribution in [0.4, 0.5) is 0 Å². The minimum absolute atomic E-state index is 0.108. The van der Waals surface area contributed by atoms with Crippen molar-refractivity contribution < 1.29 is 18.9 Å². The van der Waals surface area contributed by atoms with Gasteiger partial charge in [0, 0.05) is 15.6 Å². The van der Waals surface area contributed by atoms with Crippen LogP contribution in [-0.2, 0) is 6.42 Å². The van der Waals surface area contributed by atoms with Gasteiger partial charge in [-0.15, -0.1) is 0 Å². The van der Waals surface area contributed by atoms with Gasteiger partial charge in [0.25, 0.3) is 5.56 Å². The average Bonchev–Trinajstić information content (AvgIpc) is 3.54. The average molecular weight is 603 g/mol. The fourth-order valence-electron chi connectivity index (χ4n) is 5.54. The van der Waals surface area contributed by atoms with Crippen LogP contribution in [0.25, 0.3) is 11.8 Å². The highest BCUT2D eigenvalue weighted by molar-refractivity contribution is 9.10. The summed E-state index contributed by atoms with van der Waals surface area (Å²) in [5, 5.41) is 0. The van der Waals surface area contributed by atoms with Crippen molar-refractivity contribution in [3.05, 3.63) is 107 Å². The monoisotopic (exact) mass is 602 g/mol. The molecule has 0 N–H and O–H groups in total.